The first-order chi connectivity index (χ1) is 11.8. The summed E-state index contributed by atoms with van der Waals surface area (Å²) in [6.45, 7) is 0. The van der Waals surface area contributed by atoms with Gasteiger partial charge >= 0.3 is 0 Å². The van der Waals surface area contributed by atoms with E-state index in [9.17, 15) is 0 Å². The number of nitrogens with two attached hydrogens (primary N) is 1. The van der Waals surface area contributed by atoms with Gasteiger partial charge in [-0.3, -0.25) is 9.98 Å². The highest BCUT2D eigenvalue weighted by atomic mass is 14.8. The Morgan fingerprint density at radius 3 is 2.12 bits per heavy atom. The first-order valence-electron chi connectivity index (χ1n) is 7.95. The van der Waals surface area contributed by atoms with Crippen molar-refractivity contribution in [3.63, 3.8) is 0 Å². The highest BCUT2D eigenvalue weighted by Gasteiger charge is 2.19. The van der Waals surface area contributed by atoms with E-state index in [-0.39, 0.29) is 0 Å². The number of anilines is 1. The van der Waals surface area contributed by atoms with Crippen LogP contribution in [0.4, 0.5) is 11.4 Å². The third-order valence-corrected chi connectivity index (χ3v) is 4.13. The number of nitrogens with zero attached hydrogens (tertiary/aromatic N) is 2. The summed E-state index contributed by atoms with van der Waals surface area (Å²) in [7, 11) is 0. The standard InChI is InChI=1S/C21H17N3/c22-17-13-19-21(24-14-17)18(11-12-23-19)20(15-7-3-1-4-8-15)16-9-5-2-6-10-16/h1-10,12-14H,11,22H2. The van der Waals surface area contributed by atoms with Gasteiger partial charge in [0, 0.05) is 12.6 Å². The van der Waals surface area contributed by atoms with Gasteiger partial charge in [0.05, 0.1) is 23.3 Å². The van der Waals surface area contributed by atoms with E-state index in [1.807, 2.05) is 24.4 Å². The molecule has 0 fully saturated rings. The van der Waals surface area contributed by atoms with E-state index in [1.54, 1.807) is 6.20 Å². The molecule has 0 aliphatic carbocycles. The molecule has 2 N–H and O–H groups in total. The van der Waals surface area contributed by atoms with Gasteiger partial charge in [-0.1, -0.05) is 60.7 Å². The van der Waals surface area contributed by atoms with Gasteiger partial charge in [0.2, 0.25) is 0 Å². The molecule has 116 valence electrons. The van der Waals surface area contributed by atoms with E-state index in [0.717, 1.165) is 17.8 Å². The van der Waals surface area contributed by atoms with E-state index < -0.39 is 0 Å². The Labute approximate surface area is 141 Å². The number of fused-ring (bicyclic) bond motifs is 1. The molecule has 3 aromatic rings. The molecule has 1 aromatic heterocycles. The zero-order valence-electron chi connectivity index (χ0n) is 13.2. The monoisotopic (exact) mass is 311 g/mol. The van der Waals surface area contributed by atoms with Crippen molar-refractivity contribution in [2.24, 2.45) is 4.99 Å². The fourth-order valence-electron chi connectivity index (χ4n) is 3.08. The predicted octanol–water partition coefficient (Wildman–Crippen LogP) is 4.73. The van der Waals surface area contributed by atoms with Crippen LogP contribution in [-0.2, 0) is 0 Å². The van der Waals surface area contributed by atoms with Crippen molar-refractivity contribution in [1.29, 1.82) is 0 Å². The number of hydrogen-bond acceptors (Lipinski definition) is 3. The second-order valence-corrected chi connectivity index (χ2v) is 5.74. The fraction of sp³-hybridized carbons (Fsp3) is 0.0476. The van der Waals surface area contributed by atoms with Crippen molar-refractivity contribution in [1.82, 2.24) is 4.98 Å². The summed E-state index contributed by atoms with van der Waals surface area (Å²) in [5.41, 5.74) is 13.0. The highest BCUT2D eigenvalue weighted by molar-refractivity contribution is 6.05. The van der Waals surface area contributed by atoms with E-state index in [2.05, 4.69) is 58.5 Å². The molecule has 1 aliphatic heterocycles. The molecule has 3 heteroatoms. The zero-order valence-corrected chi connectivity index (χ0v) is 13.2. The largest absolute Gasteiger partial charge is 0.397 e. The molecule has 0 radical (unpaired) electrons. The van der Waals surface area contributed by atoms with Crippen LogP contribution in [0.25, 0.3) is 11.1 Å². The maximum atomic E-state index is 5.87. The number of allylic oxidation sites excluding steroid dienone is 1. The number of hydrogen-bond donors (Lipinski definition) is 1. The van der Waals surface area contributed by atoms with Crippen molar-refractivity contribution in [2.75, 3.05) is 5.73 Å². The summed E-state index contributed by atoms with van der Waals surface area (Å²) in [6, 6.07) is 22.7. The SMILES string of the molecule is Nc1cnc2c(c1)N=CCC2=C(c1ccccc1)c1ccccc1. The van der Waals surface area contributed by atoms with Crippen LogP contribution in [0.5, 0.6) is 0 Å². The van der Waals surface area contributed by atoms with Gasteiger partial charge in [0.15, 0.2) is 0 Å². The molecule has 2 heterocycles. The molecule has 0 bridgehead atoms. The maximum Gasteiger partial charge on any atom is 0.0929 e. The Hall–Kier alpha value is -3.20. The molecule has 2 aromatic carbocycles. The maximum absolute atomic E-state index is 5.87. The van der Waals surface area contributed by atoms with Gasteiger partial charge in [0.25, 0.3) is 0 Å². The van der Waals surface area contributed by atoms with Crippen molar-refractivity contribution in [3.05, 3.63) is 89.7 Å². The Kier molecular flexibility index (Phi) is 3.67. The average Bonchev–Trinajstić information content (AvgIpc) is 2.64. The second kappa shape index (κ2) is 6.13. The molecule has 0 unspecified atom stereocenters. The summed E-state index contributed by atoms with van der Waals surface area (Å²) < 4.78 is 0. The Morgan fingerprint density at radius 1 is 0.875 bits per heavy atom. The smallest absolute Gasteiger partial charge is 0.0929 e. The lowest BCUT2D eigenvalue weighted by Gasteiger charge is -2.19. The summed E-state index contributed by atoms with van der Waals surface area (Å²) in [4.78, 5) is 9.05. The van der Waals surface area contributed by atoms with Crippen LogP contribution in [0, 0.1) is 0 Å². The van der Waals surface area contributed by atoms with Crippen LogP contribution in [0.2, 0.25) is 0 Å². The highest BCUT2D eigenvalue weighted by Crippen LogP contribution is 2.39. The number of rotatable bonds is 2. The lowest BCUT2D eigenvalue weighted by molar-refractivity contribution is 1.22. The number of aromatic nitrogens is 1. The predicted molar refractivity (Wildman–Crippen MR) is 100 cm³/mol. The van der Waals surface area contributed by atoms with Gasteiger partial charge in [0.1, 0.15) is 0 Å². The van der Waals surface area contributed by atoms with Gasteiger partial charge in [-0.05, 0) is 28.3 Å². The first kappa shape index (κ1) is 14.4. The topological polar surface area (TPSA) is 51.3 Å². The van der Waals surface area contributed by atoms with Crippen LogP contribution in [0.3, 0.4) is 0 Å². The molecule has 24 heavy (non-hydrogen) atoms. The molecule has 1 aliphatic rings. The average molecular weight is 311 g/mol. The molecule has 0 atom stereocenters. The first-order valence-corrected chi connectivity index (χ1v) is 7.95. The van der Waals surface area contributed by atoms with Gasteiger partial charge < -0.3 is 5.73 Å². The Morgan fingerprint density at radius 2 is 1.50 bits per heavy atom. The van der Waals surface area contributed by atoms with Crippen LogP contribution in [0.15, 0.2) is 77.9 Å². The van der Waals surface area contributed by atoms with E-state index in [4.69, 9.17) is 5.73 Å². The third-order valence-electron chi connectivity index (χ3n) is 4.13. The van der Waals surface area contributed by atoms with Crippen LogP contribution >= 0.6 is 0 Å². The molecular weight excluding hydrogens is 294 g/mol. The normalized spacial score (nSPS) is 12.8. The Bertz CT molecular complexity index is 884. The van der Waals surface area contributed by atoms with E-state index in [0.29, 0.717) is 5.69 Å². The fourth-order valence-corrected chi connectivity index (χ4v) is 3.08. The minimum atomic E-state index is 0.633. The number of pyridine rings is 1. The minimum Gasteiger partial charge on any atom is -0.397 e. The number of nitrogen functional groups attached to an aromatic ring is 1. The molecule has 0 saturated carbocycles. The van der Waals surface area contributed by atoms with E-state index >= 15 is 0 Å². The zero-order chi connectivity index (χ0) is 16.4. The van der Waals surface area contributed by atoms with Crippen LogP contribution < -0.4 is 5.73 Å². The van der Waals surface area contributed by atoms with E-state index in [1.165, 1.54) is 22.3 Å². The molecule has 0 saturated heterocycles. The van der Waals surface area contributed by atoms with Crippen molar-refractivity contribution < 1.29 is 0 Å². The molecule has 4 rings (SSSR count). The summed E-state index contributed by atoms with van der Waals surface area (Å²) in [5.74, 6) is 0. The van der Waals surface area contributed by atoms with Gasteiger partial charge in [-0.2, -0.15) is 0 Å². The Balaban J connectivity index is 2.01. The third kappa shape index (κ3) is 2.61. The summed E-state index contributed by atoms with van der Waals surface area (Å²) in [5, 5.41) is 0. The number of benzene rings is 2. The molecular formula is C21H17N3. The summed E-state index contributed by atoms with van der Waals surface area (Å²) in [6.07, 6.45) is 4.39. The van der Waals surface area contributed by atoms with Gasteiger partial charge in [-0.25, -0.2) is 0 Å². The van der Waals surface area contributed by atoms with Crippen molar-refractivity contribution >= 4 is 28.7 Å². The van der Waals surface area contributed by atoms with Crippen molar-refractivity contribution in [2.45, 2.75) is 6.42 Å². The van der Waals surface area contributed by atoms with Crippen molar-refractivity contribution in [3.8, 4) is 0 Å². The summed E-state index contributed by atoms with van der Waals surface area (Å²) >= 11 is 0. The molecule has 0 amide bonds. The minimum absolute atomic E-state index is 0.633. The number of aliphatic imine (C=N–C) groups is 1. The van der Waals surface area contributed by atoms with Crippen LogP contribution in [-0.4, -0.2) is 11.2 Å². The molecule has 3 nitrogen and oxygen atoms in total. The van der Waals surface area contributed by atoms with Gasteiger partial charge in [-0.15, -0.1) is 0 Å². The quantitative estimate of drug-likeness (QED) is 0.744. The lowest BCUT2D eigenvalue weighted by Crippen LogP contribution is -2.02. The lowest BCUT2D eigenvalue weighted by atomic mass is 9.88. The molecule has 0 spiro atoms. The van der Waals surface area contributed by atoms with Crippen LogP contribution in [0.1, 0.15) is 23.2 Å². The second-order valence-electron chi connectivity index (χ2n) is 5.74.